The number of aryl methyl sites for hydroxylation is 2. The van der Waals surface area contributed by atoms with Crippen molar-refractivity contribution >= 4 is 18.3 Å². The Morgan fingerprint density at radius 2 is 1.82 bits per heavy atom. The Bertz CT molecular complexity index is 1200. The predicted molar refractivity (Wildman–Crippen MR) is 126 cm³/mol. The molecular formula is C24H28N6O3. The number of carbonyl (C=O) groups excluding carboxylic acids is 2. The number of anilines is 1. The van der Waals surface area contributed by atoms with Gasteiger partial charge in [-0.2, -0.15) is 5.10 Å². The summed E-state index contributed by atoms with van der Waals surface area (Å²) in [5, 5.41) is 6.25. The summed E-state index contributed by atoms with van der Waals surface area (Å²) >= 11 is 0. The van der Waals surface area contributed by atoms with Crippen LogP contribution in [0.1, 0.15) is 24.7 Å². The third kappa shape index (κ3) is 5.62. The molecule has 0 radical (unpaired) electrons. The molecule has 3 aromatic rings. The lowest BCUT2D eigenvalue weighted by Crippen LogP contribution is -2.31. The van der Waals surface area contributed by atoms with Crippen LogP contribution in [0.4, 0.5) is 5.95 Å². The van der Waals surface area contributed by atoms with E-state index in [9.17, 15) is 9.59 Å². The maximum Gasteiger partial charge on any atom is 0.307 e. The van der Waals surface area contributed by atoms with Gasteiger partial charge in [-0.05, 0) is 38.5 Å². The van der Waals surface area contributed by atoms with E-state index in [1.54, 1.807) is 19.0 Å². The fraction of sp³-hybridized carbons (Fsp3) is 0.292. The Kier molecular flexibility index (Phi) is 7.55. The number of hydrogen-bond acceptors (Lipinski definition) is 8. The number of benzene rings is 1. The fourth-order valence-corrected chi connectivity index (χ4v) is 3.51. The van der Waals surface area contributed by atoms with E-state index in [4.69, 9.17) is 10.5 Å². The molecule has 2 aromatic heterocycles. The van der Waals surface area contributed by atoms with Crippen molar-refractivity contribution in [3.05, 3.63) is 59.3 Å². The van der Waals surface area contributed by atoms with Gasteiger partial charge in [-0.3, -0.25) is 19.6 Å². The van der Waals surface area contributed by atoms with Crippen molar-refractivity contribution in [2.24, 2.45) is 5.10 Å². The van der Waals surface area contributed by atoms with Crippen LogP contribution in [0.3, 0.4) is 0 Å². The number of rotatable bonds is 8. The molecular weight excluding hydrogens is 420 g/mol. The second-order valence-corrected chi connectivity index (χ2v) is 7.53. The number of nitrogen functional groups attached to an aromatic ring is 1. The SMILES string of the molecule is CCOC(=O)CCN(C)/N=c1/c(-c2cc(C)nc(C)c2)c(-c2ccccc2)nc(N)n1C=O. The van der Waals surface area contributed by atoms with Crippen molar-refractivity contribution in [3.63, 3.8) is 0 Å². The molecule has 172 valence electrons. The predicted octanol–water partition coefficient (Wildman–Crippen LogP) is 2.55. The Labute approximate surface area is 192 Å². The van der Waals surface area contributed by atoms with Crippen LogP contribution in [0.2, 0.25) is 0 Å². The third-order valence-corrected chi connectivity index (χ3v) is 4.89. The topological polar surface area (TPSA) is 116 Å². The van der Waals surface area contributed by atoms with E-state index in [1.165, 1.54) is 4.57 Å². The second-order valence-electron chi connectivity index (χ2n) is 7.53. The zero-order valence-electron chi connectivity index (χ0n) is 19.3. The van der Waals surface area contributed by atoms with Crippen LogP contribution in [-0.2, 0) is 14.3 Å². The fourth-order valence-electron chi connectivity index (χ4n) is 3.51. The zero-order valence-corrected chi connectivity index (χ0v) is 19.3. The number of aromatic nitrogens is 3. The van der Waals surface area contributed by atoms with Gasteiger partial charge in [-0.15, -0.1) is 0 Å². The maximum absolute atomic E-state index is 12.0. The van der Waals surface area contributed by atoms with E-state index in [-0.39, 0.29) is 18.3 Å². The van der Waals surface area contributed by atoms with Crippen LogP contribution in [0, 0.1) is 13.8 Å². The second kappa shape index (κ2) is 10.5. The van der Waals surface area contributed by atoms with Gasteiger partial charge in [0, 0.05) is 30.5 Å². The first-order valence-electron chi connectivity index (χ1n) is 10.6. The van der Waals surface area contributed by atoms with E-state index in [0.29, 0.717) is 36.3 Å². The average Bonchev–Trinajstić information content (AvgIpc) is 2.77. The lowest BCUT2D eigenvalue weighted by atomic mass is 9.99. The standard InChI is InChI=1S/C24H28N6O3/c1-5-33-20(32)11-12-29(4)28-23-21(19-13-16(2)26-17(3)14-19)22(18-9-7-6-8-10-18)27-24(25)30(23)15-31/h6-10,13-15H,5,11-12H2,1-4H3,(H2,25,27)/b28-23-. The highest BCUT2D eigenvalue weighted by Gasteiger charge is 2.19. The van der Waals surface area contributed by atoms with Gasteiger partial charge in [0.1, 0.15) is 0 Å². The van der Waals surface area contributed by atoms with Crippen LogP contribution < -0.4 is 11.2 Å². The van der Waals surface area contributed by atoms with E-state index < -0.39 is 0 Å². The number of esters is 1. The molecule has 0 amide bonds. The Morgan fingerprint density at radius 1 is 1.15 bits per heavy atom. The first-order valence-corrected chi connectivity index (χ1v) is 10.6. The van der Waals surface area contributed by atoms with Crippen molar-refractivity contribution in [2.45, 2.75) is 27.2 Å². The number of nitrogens with zero attached hydrogens (tertiary/aromatic N) is 5. The number of ether oxygens (including phenoxy) is 1. The summed E-state index contributed by atoms with van der Waals surface area (Å²) in [6.07, 6.45) is 0.739. The van der Waals surface area contributed by atoms with E-state index >= 15 is 0 Å². The van der Waals surface area contributed by atoms with Crippen LogP contribution in [0.5, 0.6) is 0 Å². The normalized spacial score (nSPS) is 11.3. The average molecular weight is 449 g/mol. The van der Waals surface area contributed by atoms with Gasteiger partial charge in [0.2, 0.25) is 12.4 Å². The molecule has 0 aliphatic rings. The molecule has 1 aromatic carbocycles. The summed E-state index contributed by atoms with van der Waals surface area (Å²) in [4.78, 5) is 32.8. The van der Waals surface area contributed by atoms with Crippen molar-refractivity contribution in [1.82, 2.24) is 19.5 Å². The van der Waals surface area contributed by atoms with Crippen LogP contribution in [0.25, 0.3) is 22.4 Å². The van der Waals surface area contributed by atoms with Crippen LogP contribution >= 0.6 is 0 Å². The number of pyridine rings is 1. The molecule has 3 rings (SSSR count). The third-order valence-electron chi connectivity index (χ3n) is 4.89. The lowest BCUT2D eigenvalue weighted by Gasteiger charge is -2.18. The lowest BCUT2D eigenvalue weighted by molar-refractivity contribution is -0.143. The molecule has 9 nitrogen and oxygen atoms in total. The molecule has 0 aliphatic heterocycles. The van der Waals surface area contributed by atoms with E-state index in [1.807, 2.05) is 56.3 Å². The molecule has 0 saturated heterocycles. The molecule has 0 unspecified atom stereocenters. The summed E-state index contributed by atoms with van der Waals surface area (Å²) < 4.78 is 6.20. The molecule has 0 bridgehead atoms. The van der Waals surface area contributed by atoms with Crippen molar-refractivity contribution in [2.75, 3.05) is 25.9 Å². The molecule has 0 atom stereocenters. The molecule has 0 spiro atoms. The molecule has 0 fully saturated rings. The van der Waals surface area contributed by atoms with Gasteiger partial charge in [0.15, 0.2) is 5.49 Å². The van der Waals surface area contributed by atoms with E-state index in [2.05, 4.69) is 15.1 Å². The first-order chi connectivity index (χ1) is 15.8. The minimum atomic E-state index is -0.317. The summed E-state index contributed by atoms with van der Waals surface area (Å²) in [6, 6.07) is 13.4. The Balaban J connectivity index is 2.29. The highest BCUT2D eigenvalue weighted by Crippen LogP contribution is 2.29. The highest BCUT2D eigenvalue weighted by atomic mass is 16.5. The van der Waals surface area contributed by atoms with Crippen molar-refractivity contribution < 1.29 is 14.3 Å². The quantitative estimate of drug-likeness (QED) is 0.320. The Hall–Kier alpha value is -4.01. The number of nitrogens with two attached hydrogens (primary N) is 1. The van der Waals surface area contributed by atoms with Crippen LogP contribution in [0.15, 0.2) is 47.6 Å². The number of carbonyl (C=O) groups is 2. The summed E-state index contributed by atoms with van der Waals surface area (Å²) in [7, 11) is 1.72. The van der Waals surface area contributed by atoms with Crippen molar-refractivity contribution in [3.8, 4) is 22.4 Å². The van der Waals surface area contributed by atoms with Gasteiger partial charge < -0.3 is 10.5 Å². The molecule has 2 N–H and O–H groups in total. The number of hydrogen-bond donors (Lipinski definition) is 1. The zero-order chi connectivity index (χ0) is 24.0. The minimum absolute atomic E-state index is 0.00708. The minimum Gasteiger partial charge on any atom is -0.466 e. The van der Waals surface area contributed by atoms with Crippen LogP contribution in [-0.4, -0.2) is 52.1 Å². The van der Waals surface area contributed by atoms with Crippen molar-refractivity contribution in [1.29, 1.82) is 0 Å². The van der Waals surface area contributed by atoms with Gasteiger partial charge in [0.25, 0.3) is 0 Å². The smallest absolute Gasteiger partial charge is 0.307 e. The monoisotopic (exact) mass is 448 g/mol. The molecule has 0 aliphatic carbocycles. The molecule has 9 heteroatoms. The summed E-state index contributed by atoms with van der Waals surface area (Å²) in [5.74, 6) is -0.310. The summed E-state index contributed by atoms with van der Waals surface area (Å²) in [5.41, 5.74) is 11.0. The highest BCUT2D eigenvalue weighted by molar-refractivity contribution is 5.82. The van der Waals surface area contributed by atoms with Gasteiger partial charge in [0.05, 0.1) is 24.3 Å². The Morgan fingerprint density at radius 3 is 2.42 bits per heavy atom. The van der Waals surface area contributed by atoms with Gasteiger partial charge >= 0.3 is 5.97 Å². The largest absolute Gasteiger partial charge is 0.466 e. The first kappa shape index (κ1) is 23.6. The molecule has 33 heavy (non-hydrogen) atoms. The maximum atomic E-state index is 12.0. The molecule has 2 heterocycles. The molecule has 0 saturated carbocycles. The van der Waals surface area contributed by atoms with Gasteiger partial charge in [-0.25, -0.2) is 9.55 Å². The van der Waals surface area contributed by atoms with E-state index in [0.717, 1.165) is 22.5 Å². The summed E-state index contributed by atoms with van der Waals surface area (Å²) in [6.45, 7) is 6.18. The van der Waals surface area contributed by atoms with Gasteiger partial charge in [-0.1, -0.05) is 30.3 Å².